The number of benzene rings is 1. The van der Waals surface area contributed by atoms with Gasteiger partial charge in [0.25, 0.3) is 5.91 Å². The zero-order chi connectivity index (χ0) is 14.3. The number of hydrogen-bond donors (Lipinski definition) is 2. The number of nitrogens with one attached hydrogen (secondary N) is 1. The Morgan fingerprint density at radius 1 is 1.37 bits per heavy atom. The van der Waals surface area contributed by atoms with Crippen molar-refractivity contribution in [1.29, 1.82) is 0 Å². The van der Waals surface area contributed by atoms with Crippen LogP contribution < -0.4 is 11.1 Å². The summed E-state index contributed by atoms with van der Waals surface area (Å²) >= 11 is 0. The highest BCUT2D eigenvalue weighted by atomic mass is 16.2. The minimum absolute atomic E-state index is 0.0181. The van der Waals surface area contributed by atoms with Crippen LogP contribution in [0.1, 0.15) is 22.8 Å². The van der Waals surface area contributed by atoms with Gasteiger partial charge >= 0.3 is 0 Å². The Kier molecular flexibility index (Phi) is 6.02. The van der Waals surface area contributed by atoms with E-state index >= 15 is 0 Å². The smallest absolute Gasteiger partial charge is 0.251 e. The van der Waals surface area contributed by atoms with Crippen molar-refractivity contribution in [2.75, 3.05) is 26.7 Å². The molecule has 0 aliphatic rings. The summed E-state index contributed by atoms with van der Waals surface area (Å²) in [6.07, 6.45) is 0.735. The summed E-state index contributed by atoms with van der Waals surface area (Å²) in [7, 11) is 1.70. The second-order valence-electron chi connectivity index (χ2n) is 4.33. The maximum absolute atomic E-state index is 11.9. The van der Waals surface area contributed by atoms with Crippen LogP contribution in [-0.4, -0.2) is 43.4 Å². The van der Waals surface area contributed by atoms with Crippen LogP contribution in [0.2, 0.25) is 0 Å². The summed E-state index contributed by atoms with van der Waals surface area (Å²) < 4.78 is 0. The number of carbonyl (C=O) groups excluding carboxylic acids is 2. The van der Waals surface area contributed by atoms with Gasteiger partial charge in [0.15, 0.2) is 0 Å². The Labute approximate surface area is 113 Å². The maximum Gasteiger partial charge on any atom is 0.251 e. The fourth-order valence-electron chi connectivity index (χ4n) is 1.60. The Balaban J connectivity index is 2.58. The zero-order valence-electron chi connectivity index (χ0n) is 11.5. The van der Waals surface area contributed by atoms with Gasteiger partial charge in [0, 0.05) is 19.2 Å². The van der Waals surface area contributed by atoms with Crippen LogP contribution >= 0.6 is 0 Å². The molecule has 0 spiro atoms. The van der Waals surface area contributed by atoms with Gasteiger partial charge < -0.3 is 16.0 Å². The molecule has 3 N–H and O–H groups in total. The topological polar surface area (TPSA) is 75.4 Å². The van der Waals surface area contributed by atoms with Gasteiger partial charge in [0.1, 0.15) is 0 Å². The lowest BCUT2D eigenvalue weighted by molar-refractivity contribution is -0.128. The van der Waals surface area contributed by atoms with Crippen LogP contribution in [0.15, 0.2) is 24.3 Å². The number of hydrogen-bond acceptors (Lipinski definition) is 3. The summed E-state index contributed by atoms with van der Waals surface area (Å²) in [6.45, 7) is 3.08. The second-order valence-corrected chi connectivity index (χ2v) is 4.33. The van der Waals surface area contributed by atoms with Crippen molar-refractivity contribution in [2.24, 2.45) is 5.73 Å². The van der Waals surface area contributed by atoms with Crippen molar-refractivity contribution in [3.8, 4) is 0 Å². The van der Waals surface area contributed by atoms with E-state index in [0.717, 1.165) is 12.0 Å². The molecule has 0 aliphatic carbocycles. The molecule has 0 atom stereocenters. The van der Waals surface area contributed by atoms with Crippen LogP contribution in [0.25, 0.3) is 0 Å². The van der Waals surface area contributed by atoms with E-state index in [1.165, 1.54) is 0 Å². The standard InChI is InChI=1S/C14H21N3O2/c1-3-17(2)13(18)10-16-14(19)12-6-4-5-11(9-12)7-8-15/h4-6,9H,3,7-8,10,15H2,1-2H3,(H,16,19). The van der Waals surface area contributed by atoms with E-state index in [9.17, 15) is 9.59 Å². The van der Waals surface area contributed by atoms with Crippen molar-refractivity contribution >= 4 is 11.8 Å². The van der Waals surface area contributed by atoms with Crippen molar-refractivity contribution in [2.45, 2.75) is 13.3 Å². The van der Waals surface area contributed by atoms with Crippen molar-refractivity contribution in [3.63, 3.8) is 0 Å². The molecule has 1 aromatic carbocycles. The van der Waals surface area contributed by atoms with Gasteiger partial charge in [-0.05, 0) is 37.6 Å². The second kappa shape index (κ2) is 7.53. The van der Waals surface area contributed by atoms with Gasteiger partial charge in [-0.3, -0.25) is 9.59 Å². The molecule has 0 aliphatic heterocycles. The highest BCUT2D eigenvalue weighted by molar-refractivity contribution is 5.96. The number of carbonyl (C=O) groups is 2. The Bertz CT molecular complexity index is 446. The van der Waals surface area contributed by atoms with Gasteiger partial charge in [0.05, 0.1) is 6.54 Å². The summed E-state index contributed by atoms with van der Waals surface area (Å²) in [4.78, 5) is 25.0. The van der Waals surface area contributed by atoms with Gasteiger partial charge in [-0.2, -0.15) is 0 Å². The molecule has 0 heterocycles. The number of amides is 2. The third-order valence-electron chi connectivity index (χ3n) is 2.92. The van der Waals surface area contributed by atoms with Crippen LogP contribution in [0, 0.1) is 0 Å². The number of nitrogens with zero attached hydrogens (tertiary/aromatic N) is 1. The monoisotopic (exact) mass is 263 g/mol. The quantitative estimate of drug-likeness (QED) is 0.780. The molecular formula is C14H21N3O2. The normalized spacial score (nSPS) is 10.1. The van der Waals surface area contributed by atoms with Crippen molar-refractivity contribution in [3.05, 3.63) is 35.4 Å². The average Bonchev–Trinajstić information content (AvgIpc) is 2.44. The lowest BCUT2D eigenvalue weighted by atomic mass is 10.1. The van der Waals surface area contributed by atoms with Gasteiger partial charge in [-0.1, -0.05) is 12.1 Å². The van der Waals surface area contributed by atoms with Crippen molar-refractivity contribution < 1.29 is 9.59 Å². The van der Waals surface area contributed by atoms with Crippen LogP contribution in [0.4, 0.5) is 0 Å². The Hall–Kier alpha value is -1.88. The first kappa shape index (κ1) is 15.2. The number of nitrogens with two attached hydrogens (primary N) is 1. The van der Waals surface area contributed by atoms with Crippen LogP contribution in [-0.2, 0) is 11.2 Å². The summed E-state index contributed by atoms with van der Waals surface area (Å²) in [5, 5.41) is 2.62. The zero-order valence-corrected chi connectivity index (χ0v) is 11.5. The Morgan fingerprint density at radius 3 is 2.74 bits per heavy atom. The van der Waals surface area contributed by atoms with E-state index in [0.29, 0.717) is 18.7 Å². The highest BCUT2D eigenvalue weighted by Gasteiger charge is 2.10. The van der Waals surface area contributed by atoms with E-state index in [-0.39, 0.29) is 18.4 Å². The van der Waals surface area contributed by atoms with E-state index in [2.05, 4.69) is 5.32 Å². The predicted octanol–water partition coefficient (Wildman–Crippen LogP) is 0.396. The molecule has 5 heteroatoms. The molecule has 19 heavy (non-hydrogen) atoms. The molecule has 2 amide bonds. The van der Waals surface area contributed by atoms with E-state index in [1.54, 1.807) is 24.1 Å². The molecule has 0 aromatic heterocycles. The largest absolute Gasteiger partial charge is 0.345 e. The minimum atomic E-state index is -0.239. The molecule has 1 rings (SSSR count). The predicted molar refractivity (Wildman–Crippen MR) is 74.8 cm³/mol. The molecule has 104 valence electrons. The molecule has 0 radical (unpaired) electrons. The van der Waals surface area contributed by atoms with Crippen LogP contribution in [0.3, 0.4) is 0 Å². The number of likely N-dealkylation sites (N-methyl/N-ethyl adjacent to an activating group) is 1. The molecule has 5 nitrogen and oxygen atoms in total. The van der Waals surface area contributed by atoms with Gasteiger partial charge in [0.2, 0.25) is 5.91 Å². The first-order valence-corrected chi connectivity index (χ1v) is 6.39. The average molecular weight is 263 g/mol. The third kappa shape index (κ3) is 4.71. The SMILES string of the molecule is CCN(C)C(=O)CNC(=O)c1cccc(CCN)c1. The highest BCUT2D eigenvalue weighted by Crippen LogP contribution is 2.05. The Morgan fingerprint density at radius 2 is 2.11 bits per heavy atom. The molecule has 0 fully saturated rings. The summed E-state index contributed by atoms with van der Waals surface area (Å²) in [5.74, 6) is -0.342. The molecule has 0 bridgehead atoms. The van der Waals surface area contributed by atoms with Crippen molar-refractivity contribution in [1.82, 2.24) is 10.2 Å². The van der Waals surface area contributed by atoms with Gasteiger partial charge in [-0.25, -0.2) is 0 Å². The lowest BCUT2D eigenvalue weighted by Gasteiger charge is -2.14. The van der Waals surface area contributed by atoms with E-state index in [1.807, 2.05) is 19.1 Å². The molecule has 0 saturated carbocycles. The first-order chi connectivity index (χ1) is 9.08. The number of rotatable bonds is 6. The summed E-state index contributed by atoms with van der Waals surface area (Å²) in [6, 6.07) is 7.28. The third-order valence-corrected chi connectivity index (χ3v) is 2.92. The van der Waals surface area contributed by atoms with Gasteiger partial charge in [-0.15, -0.1) is 0 Å². The molecular weight excluding hydrogens is 242 g/mol. The van der Waals surface area contributed by atoms with E-state index < -0.39 is 0 Å². The van der Waals surface area contributed by atoms with Crippen LogP contribution in [0.5, 0.6) is 0 Å². The summed E-state index contributed by atoms with van der Waals surface area (Å²) in [5.41, 5.74) is 7.06. The first-order valence-electron chi connectivity index (χ1n) is 6.39. The lowest BCUT2D eigenvalue weighted by Crippen LogP contribution is -2.38. The molecule has 0 unspecified atom stereocenters. The fourth-order valence-corrected chi connectivity index (χ4v) is 1.60. The minimum Gasteiger partial charge on any atom is -0.345 e. The molecule has 0 saturated heterocycles. The molecule has 1 aromatic rings. The fraction of sp³-hybridized carbons (Fsp3) is 0.429. The van der Waals surface area contributed by atoms with E-state index in [4.69, 9.17) is 5.73 Å². The maximum atomic E-state index is 11.9.